The van der Waals surface area contributed by atoms with E-state index in [9.17, 15) is 4.79 Å². The monoisotopic (exact) mass is 569 g/mol. The Balaban J connectivity index is 1.44. The van der Waals surface area contributed by atoms with Crippen molar-refractivity contribution in [2.45, 2.75) is 13.3 Å². The van der Waals surface area contributed by atoms with Gasteiger partial charge in [-0.1, -0.05) is 69.7 Å². The van der Waals surface area contributed by atoms with E-state index in [0.29, 0.717) is 17.3 Å². The summed E-state index contributed by atoms with van der Waals surface area (Å²) in [6, 6.07) is 31.4. The maximum Gasteiger partial charge on any atom is 0.280 e. The average molecular weight is 571 g/mol. The molecule has 4 aromatic carbocycles. The second-order valence-electron chi connectivity index (χ2n) is 8.33. The molecule has 184 valence electrons. The first kappa shape index (κ1) is 24.9. The molecule has 0 aliphatic carbocycles. The Kier molecular flexibility index (Phi) is 7.73. The minimum atomic E-state index is -0.244. The Morgan fingerprint density at radius 1 is 0.973 bits per heavy atom. The third kappa shape index (κ3) is 6.13. The zero-order valence-corrected chi connectivity index (χ0v) is 22.6. The minimum Gasteiger partial charge on any atom is -0.494 e. The number of carbonyl (C=O) groups excluding carboxylic acids is 1. The number of hydrazone groups is 1. The fraction of sp³-hybridized carbons (Fsp3) is 0.100. The summed E-state index contributed by atoms with van der Waals surface area (Å²) in [4.78, 5) is 18.4. The molecule has 0 aliphatic heterocycles. The van der Waals surface area contributed by atoms with Crippen molar-refractivity contribution in [2.24, 2.45) is 5.10 Å². The number of ether oxygens (including phenoxy) is 1. The highest BCUT2D eigenvalue weighted by atomic mass is 79.9. The Bertz CT molecular complexity index is 1530. The summed E-state index contributed by atoms with van der Waals surface area (Å²) in [6.45, 7) is 2.55. The van der Waals surface area contributed by atoms with E-state index in [1.807, 2.05) is 91.9 Å². The van der Waals surface area contributed by atoms with Crippen LogP contribution in [0.3, 0.4) is 0 Å². The highest BCUT2D eigenvalue weighted by molar-refractivity contribution is 9.10. The van der Waals surface area contributed by atoms with Crippen LogP contribution in [-0.2, 0) is 6.42 Å². The Morgan fingerprint density at radius 3 is 2.43 bits per heavy atom. The van der Waals surface area contributed by atoms with Gasteiger partial charge in [-0.25, -0.2) is 4.98 Å². The molecule has 5 rings (SSSR count). The van der Waals surface area contributed by atoms with Gasteiger partial charge in [0.25, 0.3) is 5.91 Å². The third-order valence-electron chi connectivity index (χ3n) is 5.68. The van der Waals surface area contributed by atoms with E-state index in [4.69, 9.17) is 9.72 Å². The number of nitrogens with zero attached hydrogens (tertiary/aromatic N) is 3. The lowest BCUT2D eigenvalue weighted by molar-refractivity contribution is 0.0988. The third-order valence-corrected chi connectivity index (χ3v) is 7.17. The minimum absolute atomic E-state index is 0.244. The van der Waals surface area contributed by atoms with Crippen LogP contribution in [0, 0.1) is 0 Å². The van der Waals surface area contributed by atoms with Crippen LogP contribution >= 0.6 is 27.3 Å². The molecule has 0 bridgehead atoms. The van der Waals surface area contributed by atoms with Gasteiger partial charge in [-0.3, -0.25) is 4.79 Å². The molecule has 0 radical (unpaired) electrons. The van der Waals surface area contributed by atoms with E-state index < -0.39 is 0 Å². The van der Waals surface area contributed by atoms with Crippen molar-refractivity contribution in [2.75, 3.05) is 11.6 Å². The lowest BCUT2D eigenvalue weighted by Gasteiger charge is -2.14. The molecule has 0 N–H and O–H groups in total. The maximum absolute atomic E-state index is 13.7. The lowest BCUT2D eigenvalue weighted by Crippen LogP contribution is -2.25. The Morgan fingerprint density at radius 2 is 1.70 bits per heavy atom. The number of amides is 1. The first-order valence-electron chi connectivity index (χ1n) is 11.9. The van der Waals surface area contributed by atoms with E-state index in [1.54, 1.807) is 6.21 Å². The molecule has 37 heavy (non-hydrogen) atoms. The van der Waals surface area contributed by atoms with Crippen LogP contribution in [0.1, 0.15) is 34.0 Å². The van der Waals surface area contributed by atoms with Gasteiger partial charge in [-0.05, 0) is 84.6 Å². The molecule has 0 spiro atoms. The number of hydrogen-bond acceptors (Lipinski definition) is 5. The molecule has 1 heterocycles. The van der Waals surface area contributed by atoms with Crippen LogP contribution in [0.15, 0.2) is 107 Å². The van der Waals surface area contributed by atoms with Gasteiger partial charge in [0.2, 0.25) is 5.13 Å². The van der Waals surface area contributed by atoms with Gasteiger partial charge in [-0.2, -0.15) is 10.1 Å². The zero-order valence-electron chi connectivity index (χ0n) is 20.2. The quantitative estimate of drug-likeness (QED) is 0.142. The molecule has 0 saturated heterocycles. The van der Waals surface area contributed by atoms with Crippen LogP contribution in [0.4, 0.5) is 5.13 Å². The number of thiazole rings is 1. The van der Waals surface area contributed by atoms with Gasteiger partial charge in [0.05, 0.1) is 23.0 Å². The topological polar surface area (TPSA) is 54.8 Å². The fourth-order valence-electron chi connectivity index (χ4n) is 3.83. The molecule has 0 fully saturated rings. The van der Waals surface area contributed by atoms with Crippen molar-refractivity contribution < 1.29 is 9.53 Å². The second-order valence-corrected chi connectivity index (χ2v) is 10.3. The molecule has 5 aromatic rings. The number of benzene rings is 4. The molecule has 0 saturated carbocycles. The first-order valence-corrected chi connectivity index (χ1v) is 13.5. The molecular formula is C30H24BrN3O2S. The van der Waals surface area contributed by atoms with Gasteiger partial charge in [-0.15, -0.1) is 0 Å². The number of aromatic nitrogens is 1. The molecule has 0 atom stereocenters. The van der Waals surface area contributed by atoms with Gasteiger partial charge < -0.3 is 4.74 Å². The van der Waals surface area contributed by atoms with Crippen molar-refractivity contribution in [3.8, 4) is 5.75 Å². The number of halogens is 1. The predicted octanol–water partition coefficient (Wildman–Crippen LogP) is 7.73. The van der Waals surface area contributed by atoms with Gasteiger partial charge in [0.1, 0.15) is 5.75 Å². The van der Waals surface area contributed by atoms with Gasteiger partial charge in [0, 0.05) is 10.0 Å². The predicted molar refractivity (Wildman–Crippen MR) is 155 cm³/mol. The van der Waals surface area contributed by atoms with Crippen LogP contribution in [0.2, 0.25) is 0 Å². The lowest BCUT2D eigenvalue weighted by atomic mass is 10.0. The normalized spacial score (nSPS) is 11.2. The molecule has 0 aliphatic rings. The summed E-state index contributed by atoms with van der Waals surface area (Å²) < 4.78 is 7.45. The number of anilines is 1. The molecular weight excluding hydrogens is 546 g/mol. The summed E-state index contributed by atoms with van der Waals surface area (Å²) in [6.07, 6.45) is 2.47. The summed E-state index contributed by atoms with van der Waals surface area (Å²) in [5, 5.41) is 6.46. The fourth-order valence-corrected chi connectivity index (χ4v) is 5.30. The van der Waals surface area contributed by atoms with E-state index in [1.165, 1.54) is 21.9 Å². The van der Waals surface area contributed by atoms with Gasteiger partial charge in [0.15, 0.2) is 0 Å². The van der Waals surface area contributed by atoms with Crippen molar-refractivity contribution >= 4 is 54.7 Å². The maximum atomic E-state index is 13.7. The van der Waals surface area contributed by atoms with E-state index >= 15 is 0 Å². The molecule has 7 heteroatoms. The zero-order chi connectivity index (χ0) is 25.6. The van der Waals surface area contributed by atoms with Crippen LogP contribution in [0.25, 0.3) is 10.2 Å². The molecule has 1 aromatic heterocycles. The van der Waals surface area contributed by atoms with E-state index in [-0.39, 0.29) is 5.91 Å². The Hall–Kier alpha value is -3.81. The number of fused-ring (bicyclic) bond motifs is 1. The largest absolute Gasteiger partial charge is 0.494 e. The number of rotatable bonds is 8. The Labute approximate surface area is 228 Å². The van der Waals surface area contributed by atoms with Crippen LogP contribution in [0.5, 0.6) is 5.75 Å². The average Bonchev–Trinajstić information content (AvgIpc) is 3.33. The highest BCUT2D eigenvalue weighted by Gasteiger charge is 2.21. The van der Waals surface area contributed by atoms with E-state index in [2.05, 4.69) is 33.2 Å². The molecule has 5 nitrogen and oxygen atoms in total. The number of hydrogen-bond donors (Lipinski definition) is 0. The van der Waals surface area contributed by atoms with Gasteiger partial charge >= 0.3 is 0 Å². The second kappa shape index (κ2) is 11.5. The van der Waals surface area contributed by atoms with Crippen molar-refractivity contribution in [1.29, 1.82) is 0 Å². The van der Waals surface area contributed by atoms with Crippen molar-refractivity contribution in [3.63, 3.8) is 0 Å². The highest BCUT2D eigenvalue weighted by Crippen LogP contribution is 2.32. The molecule has 1 amide bonds. The summed E-state index contributed by atoms with van der Waals surface area (Å²) in [5.74, 6) is 0.548. The van der Waals surface area contributed by atoms with Crippen LogP contribution in [-0.4, -0.2) is 23.7 Å². The van der Waals surface area contributed by atoms with Crippen molar-refractivity contribution in [1.82, 2.24) is 4.98 Å². The molecule has 0 unspecified atom stereocenters. The van der Waals surface area contributed by atoms with Crippen molar-refractivity contribution in [3.05, 3.63) is 124 Å². The summed E-state index contributed by atoms with van der Waals surface area (Å²) in [7, 11) is 0. The number of carbonyl (C=O) groups is 1. The SMILES string of the molecule is CCOc1ccc(/C=N/N(C(=O)c2ccc(Cc3ccccc3)cc2)c2nc3ccc(Br)cc3s2)cc1. The van der Waals surface area contributed by atoms with E-state index in [0.717, 1.165) is 38.0 Å². The summed E-state index contributed by atoms with van der Waals surface area (Å²) >= 11 is 4.93. The van der Waals surface area contributed by atoms with Crippen LogP contribution < -0.4 is 9.75 Å². The standard InChI is InChI=1S/C30H24BrN3O2S/c1-2-36-26-15-10-23(11-16-26)20-32-34(30-33-27-17-14-25(31)19-28(27)37-30)29(35)24-12-8-22(9-13-24)18-21-6-4-3-5-7-21/h3-17,19-20H,2,18H2,1H3/b32-20+. The summed E-state index contributed by atoms with van der Waals surface area (Å²) in [5.41, 5.74) is 4.57. The first-order chi connectivity index (χ1) is 18.1. The smallest absolute Gasteiger partial charge is 0.280 e.